The zero-order valence-corrected chi connectivity index (χ0v) is 10.1. The third kappa shape index (κ3) is 2.59. The average molecular weight is 260 g/mol. The van der Waals surface area contributed by atoms with Gasteiger partial charge < -0.3 is 5.73 Å². The van der Waals surface area contributed by atoms with Gasteiger partial charge in [0.15, 0.2) is 0 Å². The van der Waals surface area contributed by atoms with Crippen LogP contribution in [0.1, 0.15) is 43.5 Å². The summed E-state index contributed by atoms with van der Waals surface area (Å²) in [4.78, 5) is -0.129. The zero-order valence-electron chi connectivity index (χ0n) is 9.27. The van der Waals surface area contributed by atoms with Crippen molar-refractivity contribution in [1.82, 2.24) is 15.0 Å². The summed E-state index contributed by atoms with van der Waals surface area (Å²) in [7, 11) is 0. The van der Waals surface area contributed by atoms with Crippen LogP contribution in [0.25, 0.3) is 0 Å². The molecule has 0 saturated heterocycles. The third-order valence-corrected chi connectivity index (χ3v) is 3.38. The van der Waals surface area contributed by atoms with Gasteiger partial charge in [-0.2, -0.15) is 0 Å². The fourth-order valence-corrected chi connectivity index (χ4v) is 2.11. The Morgan fingerprint density at radius 2 is 2.24 bits per heavy atom. The molecule has 0 radical (unpaired) electrons. The highest BCUT2D eigenvalue weighted by Gasteiger charge is 2.24. The first-order valence-electron chi connectivity index (χ1n) is 5.61. The smallest absolute Gasteiger partial charge is 0.282 e. The van der Waals surface area contributed by atoms with Gasteiger partial charge in [0, 0.05) is 6.54 Å². The Hall–Kier alpha value is -1.11. The molecule has 0 aliphatic heterocycles. The van der Waals surface area contributed by atoms with E-state index in [0.717, 1.165) is 6.42 Å². The summed E-state index contributed by atoms with van der Waals surface area (Å²) >= 11 is 4.68. The monoisotopic (exact) mass is 260 g/mol. The minimum absolute atomic E-state index is 0.0522. The van der Waals surface area contributed by atoms with Crippen molar-refractivity contribution in [2.45, 2.75) is 38.7 Å². The molecule has 1 aromatic heterocycles. The van der Waals surface area contributed by atoms with E-state index >= 15 is 0 Å². The molecule has 1 heterocycles. The van der Waals surface area contributed by atoms with Crippen LogP contribution >= 0.6 is 12.2 Å². The number of hydrogen-bond donors (Lipinski definition) is 1. The average Bonchev–Trinajstić information content (AvgIpc) is 2.59. The lowest BCUT2D eigenvalue weighted by atomic mass is 9.83. The Morgan fingerprint density at radius 3 is 2.71 bits per heavy atom. The Balaban J connectivity index is 2.11. The van der Waals surface area contributed by atoms with E-state index in [1.54, 1.807) is 0 Å². The Morgan fingerprint density at radius 1 is 1.53 bits per heavy atom. The second-order valence-electron chi connectivity index (χ2n) is 4.30. The maximum absolute atomic E-state index is 12.9. The molecule has 0 unspecified atom stereocenters. The Kier molecular flexibility index (Phi) is 3.66. The summed E-state index contributed by atoms with van der Waals surface area (Å²) in [6, 6.07) is 0. The number of halogens is 2. The molecule has 0 spiro atoms. The summed E-state index contributed by atoms with van der Waals surface area (Å²) in [5.41, 5.74) is 5.04. The number of alkyl halides is 2. The highest BCUT2D eigenvalue weighted by Crippen LogP contribution is 2.30. The number of thiocarbonyl (C=S) groups is 1. The maximum atomic E-state index is 12.9. The number of aromatic nitrogens is 3. The van der Waals surface area contributed by atoms with Crippen LogP contribution < -0.4 is 5.73 Å². The Labute approximate surface area is 103 Å². The van der Waals surface area contributed by atoms with Gasteiger partial charge in [0.2, 0.25) is 0 Å². The van der Waals surface area contributed by atoms with Gasteiger partial charge >= 0.3 is 0 Å². The quantitative estimate of drug-likeness (QED) is 0.823. The van der Waals surface area contributed by atoms with Crippen LogP contribution in [0.3, 0.4) is 0 Å². The maximum Gasteiger partial charge on any atom is 0.282 e. The fourth-order valence-electron chi connectivity index (χ4n) is 1.96. The lowest BCUT2D eigenvalue weighted by Gasteiger charge is -2.25. The van der Waals surface area contributed by atoms with Crippen molar-refractivity contribution in [2.24, 2.45) is 11.7 Å². The number of nitrogens with zero attached hydrogens (tertiary/aromatic N) is 3. The van der Waals surface area contributed by atoms with Crippen LogP contribution in [0.15, 0.2) is 0 Å². The number of nitrogens with two attached hydrogens (primary N) is 1. The molecule has 7 heteroatoms. The van der Waals surface area contributed by atoms with Crippen molar-refractivity contribution in [3.05, 3.63) is 11.4 Å². The van der Waals surface area contributed by atoms with E-state index in [0.29, 0.717) is 12.5 Å². The van der Waals surface area contributed by atoms with Crippen molar-refractivity contribution >= 4 is 17.2 Å². The second-order valence-corrected chi connectivity index (χ2v) is 4.74. The lowest BCUT2D eigenvalue weighted by Crippen LogP contribution is -2.17. The highest BCUT2D eigenvalue weighted by atomic mass is 32.1. The van der Waals surface area contributed by atoms with Gasteiger partial charge in [-0.05, 0) is 12.3 Å². The highest BCUT2D eigenvalue weighted by molar-refractivity contribution is 7.80. The molecule has 17 heavy (non-hydrogen) atoms. The van der Waals surface area contributed by atoms with Gasteiger partial charge in [0.1, 0.15) is 16.4 Å². The van der Waals surface area contributed by atoms with Crippen LogP contribution in [-0.2, 0) is 6.54 Å². The van der Waals surface area contributed by atoms with E-state index in [2.05, 4.69) is 22.5 Å². The molecule has 1 aliphatic carbocycles. The molecular weight excluding hydrogens is 246 g/mol. The molecule has 0 atom stereocenters. The predicted molar refractivity (Wildman–Crippen MR) is 62.8 cm³/mol. The predicted octanol–water partition coefficient (Wildman–Crippen LogP) is 2.04. The summed E-state index contributed by atoms with van der Waals surface area (Å²) in [6.07, 6.45) is 1.81. The first-order valence-corrected chi connectivity index (χ1v) is 6.01. The van der Waals surface area contributed by atoms with Crippen molar-refractivity contribution < 1.29 is 8.78 Å². The van der Waals surface area contributed by atoms with Gasteiger partial charge in [0.05, 0.1) is 0 Å². The summed E-state index contributed by atoms with van der Waals surface area (Å²) in [5.74, 6) is 0.637. The largest absolute Gasteiger partial charge is 0.388 e. The van der Waals surface area contributed by atoms with E-state index in [1.165, 1.54) is 23.9 Å². The normalized spacial score (nSPS) is 16.2. The Bertz CT molecular complexity index is 414. The van der Waals surface area contributed by atoms with Gasteiger partial charge in [-0.15, -0.1) is 5.10 Å². The topological polar surface area (TPSA) is 56.7 Å². The molecule has 0 aromatic carbocycles. The number of aryl methyl sites for hydroxylation is 1. The molecule has 0 amide bonds. The van der Waals surface area contributed by atoms with Crippen molar-refractivity contribution in [3.63, 3.8) is 0 Å². The van der Waals surface area contributed by atoms with E-state index in [9.17, 15) is 8.78 Å². The molecule has 1 aliphatic rings. The van der Waals surface area contributed by atoms with E-state index < -0.39 is 6.43 Å². The SMILES string of the molecule is NC(=S)c1nnn(CCC2CCC2)c1C(F)F. The van der Waals surface area contributed by atoms with Crippen molar-refractivity contribution in [3.8, 4) is 0 Å². The van der Waals surface area contributed by atoms with E-state index in [4.69, 9.17) is 5.73 Å². The summed E-state index contributed by atoms with van der Waals surface area (Å²) < 4.78 is 27.0. The van der Waals surface area contributed by atoms with Crippen LogP contribution in [0.5, 0.6) is 0 Å². The minimum Gasteiger partial charge on any atom is -0.388 e. The molecule has 4 nitrogen and oxygen atoms in total. The molecule has 94 valence electrons. The molecule has 0 bridgehead atoms. The fraction of sp³-hybridized carbons (Fsp3) is 0.700. The van der Waals surface area contributed by atoms with Crippen LogP contribution in [0, 0.1) is 5.92 Å². The van der Waals surface area contributed by atoms with Crippen molar-refractivity contribution in [2.75, 3.05) is 0 Å². The molecule has 2 N–H and O–H groups in total. The molecule has 1 saturated carbocycles. The van der Waals surface area contributed by atoms with Gasteiger partial charge in [-0.3, -0.25) is 0 Å². The number of hydrogen-bond acceptors (Lipinski definition) is 3. The second kappa shape index (κ2) is 5.03. The first kappa shape index (κ1) is 12.3. The molecule has 2 rings (SSSR count). The van der Waals surface area contributed by atoms with Gasteiger partial charge in [-0.1, -0.05) is 36.7 Å². The van der Waals surface area contributed by atoms with Gasteiger partial charge in [-0.25, -0.2) is 13.5 Å². The van der Waals surface area contributed by atoms with Crippen molar-refractivity contribution in [1.29, 1.82) is 0 Å². The minimum atomic E-state index is -2.65. The van der Waals surface area contributed by atoms with E-state index in [-0.39, 0.29) is 16.4 Å². The van der Waals surface area contributed by atoms with E-state index in [1.807, 2.05) is 0 Å². The lowest BCUT2D eigenvalue weighted by molar-refractivity contribution is 0.137. The molecule has 1 aromatic rings. The standard InChI is InChI=1S/C10H14F2N4S/c11-9(12)8-7(10(13)17)14-15-16(8)5-4-6-2-1-3-6/h6,9H,1-5H2,(H2,13,17). The van der Waals surface area contributed by atoms with Crippen LogP contribution in [0.4, 0.5) is 8.78 Å². The zero-order chi connectivity index (χ0) is 12.4. The summed E-state index contributed by atoms with van der Waals surface area (Å²) in [5, 5.41) is 7.33. The molecular formula is C10H14F2N4S. The first-order chi connectivity index (χ1) is 8.09. The summed E-state index contributed by atoms with van der Waals surface area (Å²) in [6.45, 7) is 0.458. The molecule has 1 fully saturated rings. The van der Waals surface area contributed by atoms with Crippen LogP contribution in [-0.4, -0.2) is 20.0 Å². The van der Waals surface area contributed by atoms with Gasteiger partial charge in [0.25, 0.3) is 6.43 Å². The number of rotatable bonds is 5. The van der Waals surface area contributed by atoms with Crippen LogP contribution in [0.2, 0.25) is 0 Å². The third-order valence-electron chi connectivity index (χ3n) is 3.19.